The summed E-state index contributed by atoms with van der Waals surface area (Å²) in [6, 6.07) is 13.1. The lowest BCUT2D eigenvalue weighted by molar-refractivity contribution is 0.342. The molecule has 2 heterocycles. The van der Waals surface area contributed by atoms with Crippen LogP contribution in [0.25, 0.3) is 0 Å². The van der Waals surface area contributed by atoms with Crippen LogP contribution in [0, 0.1) is 5.92 Å². The molecule has 1 aromatic carbocycles. The zero-order chi connectivity index (χ0) is 12.2. The summed E-state index contributed by atoms with van der Waals surface area (Å²) in [5.41, 5.74) is 2.87. The minimum absolute atomic E-state index is 0.541. The average molecular weight is 240 g/mol. The van der Waals surface area contributed by atoms with Gasteiger partial charge in [0.2, 0.25) is 0 Å². The Labute approximate surface area is 108 Å². The Morgan fingerprint density at radius 3 is 2.39 bits per heavy atom. The maximum Gasteiger partial charge on any atom is 0.0133 e. The number of nitrogens with one attached hydrogen (secondary N) is 2. The number of piperidine rings is 1. The first-order chi connectivity index (χ1) is 8.95. The Bertz CT molecular complexity index is 455. The van der Waals surface area contributed by atoms with Gasteiger partial charge in [-0.05, 0) is 49.0 Å². The molecule has 1 unspecified atom stereocenters. The Balaban J connectivity index is 1.93. The van der Waals surface area contributed by atoms with Gasteiger partial charge in [0, 0.05) is 18.3 Å². The van der Waals surface area contributed by atoms with Crippen molar-refractivity contribution in [3.05, 3.63) is 59.9 Å². The second kappa shape index (κ2) is 5.40. The molecule has 2 heteroatoms. The fraction of sp³-hybridized carbons (Fsp3) is 0.375. The van der Waals surface area contributed by atoms with Crippen molar-refractivity contribution in [3.63, 3.8) is 0 Å². The molecule has 0 radical (unpaired) electrons. The second-order valence-corrected chi connectivity index (χ2v) is 5.12. The number of hydrogen-bond donors (Lipinski definition) is 2. The first-order valence-corrected chi connectivity index (χ1v) is 6.83. The highest BCUT2D eigenvalue weighted by Crippen LogP contribution is 2.36. The van der Waals surface area contributed by atoms with Crippen molar-refractivity contribution in [3.8, 4) is 0 Å². The van der Waals surface area contributed by atoms with E-state index in [4.69, 9.17) is 0 Å². The van der Waals surface area contributed by atoms with E-state index in [-0.39, 0.29) is 0 Å². The lowest BCUT2D eigenvalue weighted by atomic mass is 9.77. The largest absolute Gasteiger partial charge is 0.367 e. The van der Waals surface area contributed by atoms with E-state index in [1.54, 1.807) is 0 Å². The molecule has 18 heavy (non-hydrogen) atoms. The van der Waals surface area contributed by atoms with Crippen LogP contribution in [0.5, 0.6) is 0 Å². The molecule has 1 fully saturated rings. The van der Waals surface area contributed by atoms with Crippen LogP contribution < -0.4 is 5.32 Å². The standard InChI is InChI=1S/C16H20N2/c1-2-4-13(5-3-1)16(15-8-11-18-12-15)14-6-9-17-10-7-14/h1-5,8,11-12,14,16-18H,6-7,9-10H2. The lowest BCUT2D eigenvalue weighted by Gasteiger charge is -2.30. The van der Waals surface area contributed by atoms with Crippen molar-refractivity contribution >= 4 is 0 Å². The summed E-state index contributed by atoms with van der Waals surface area (Å²) in [5.74, 6) is 1.30. The molecule has 0 amide bonds. The van der Waals surface area contributed by atoms with E-state index < -0.39 is 0 Å². The van der Waals surface area contributed by atoms with Gasteiger partial charge in [-0.3, -0.25) is 0 Å². The molecular formula is C16H20N2. The summed E-state index contributed by atoms with van der Waals surface area (Å²) in [7, 11) is 0. The zero-order valence-electron chi connectivity index (χ0n) is 10.6. The quantitative estimate of drug-likeness (QED) is 0.847. The van der Waals surface area contributed by atoms with Gasteiger partial charge in [0.1, 0.15) is 0 Å². The lowest BCUT2D eigenvalue weighted by Crippen LogP contribution is -2.31. The maximum atomic E-state index is 3.46. The smallest absolute Gasteiger partial charge is 0.0133 e. The SMILES string of the molecule is c1ccc(C(c2cc[nH]c2)C2CCNCC2)cc1. The van der Waals surface area contributed by atoms with Gasteiger partial charge < -0.3 is 10.3 Å². The van der Waals surface area contributed by atoms with Crippen molar-refractivity contribution < 1.29 is 0 Å². The van der Waals surface area contributed by atoms with Crippen LogP contribution in [0.3, 0.4) is 0 Å². The van der Waals surface area contributed by atoms with Crippen molar-refractivity contribution in [2.24, 2.45) is 5.92 Å². The molecule has 1 aliphatic heterocycles. The highest BCUT2D eigenvalue weighted by atomic mass is 14.9. The number of hydrogen-bond acceptors (Lipinski definition) is 1. The highest BCUT2D eigenvalue weighted by Gasteiger charge is 2.26. The minimum Gasteiger partial charge on any atom is -0.367 e. The molecule has 2 aromatic rings. The molecule has 0 aliphatic carbocycles. The minimum atomic E-state index is 0.541. The summed E-state index contributed by atoms with van der Waals surface area (Å²) in [5, 5.41) is 3.46. The van der Waals surface area contributed by atoms with Gasteiger partial charge >= 0.3 is 0 Å². The van der Waals surface area contributed by atoms with Gasteiger partial charge in [0.25, 0.3) is 0 Å². The van der Waals surface area contributed by atoms with E-state index >= 15 is 0 Å². The molecule has 1 aliphatic rings. The Hall–Kier alpha value is -1.54. The third kappa shape index (κ3) is 2.34. The molecule has 2 nitrogen and oxygen atoms in total. The van der Waals surface area contributed by atoms with Crippen molar-refractivity contribution in [1.29, 1.82) is 0 Å². The summed E-state index contributed by atoms with van der Waals surface area (Å²) >= 11 is 0. The summed E-state index contributed by atoms with van der Waals surface area (Å²) < 4.78 is 0. The van der Waals surface area contributed by atoms with Crippen LogP contribution in [0.15, 0.2) is 48.8 Å². The summed E-state index contributed by atoms with van der Waals surface area (Å²) in [4.78, 5) is 3.20. The molecule has 0 saturated carbocycles. The zero-order valence-corrected chi connectivity index (χ0v) is 10.6. The van der Waals surface area contributed by atoms with Crippen LogP contribution in [0.4, 0.5) is 0 Å². The van der Waals surface area contributed by atoms with E-state index in [0.29, 0.717) is 5.92 Å². The van der Waals surface area contributed by atoms with E-state index in [2.05, 4.69) is 52.9 Å². The number of rotatable bonds is 3. The molecule has 94 valence electrons. The van der Waals surface area contributed by atoms with Crippen LogP contribution in [0.2, 0.25) is 0 Å². The van der Waals surface area contributed by atoms with Gasteiger partial charge in [0.15, 0.2) is 0 Å². The first kappa shape index (κ1) is 11.5. The Kier molecular flexibility index (Phi) is 3.47. The number of benzene rings is 1. The van der Waals surface area contributed by atoms with Crippen LogP contribution in [-0.2, 0) is 0 Å². The molecule has 1 aromatic heterocycles. The molecule has 0 spiro atoms. The summed E-state index contributed by atoms with van der Waals surface area (Å²) in [6.07, 6.45) is 6.72. The molecule has 1 saturated heterocycles. The fourth-order valence-electron chi connectivity index (χ4n) is 3.10. The number of aromatic nitrogens is 1. The van der Waals surface area contributed by atoms with Gasteiger partial charge in [-0.1, -0.05) is 30.3 Å². The van der Waals surface area contributed by atoms with Gasteiger partial charge in [-0.2, -0.15) is 0 Å². The van der Waals surface area contributed by atoms with E-state index in [9.17, 15) is 0 Å². The molecular weight excluding hydrogens is 220 g/mol. The number of H-pyrrole nitrogens is 1. The summed E-state index contributed by atoms with van der Waals surface area (Å²) in [6.45, 7) is 2.30. The predicted molar refractivity (Wildman–Crippen MR) is 74.7 cm³/mol. The van der Waals surface area contributed by atoms with Crippen LogP contribution >= 0.6 is 0 Å². The topological polar surface area (TPSA) is 27.8 Å². The van der Waals surface area contributed by atoms with Gasteiger partial charge in [-0.15, -0.1) is 0 Å². The second-order valence-electron chi connectivity index (χ2n) is 5.12. The van der Waals surface area contributed by atoms with Crippen LogP contribution in [-0.4, -0.2) is 18.1 Å². The maximum absolute atomic E-state index is 3.46. The van der Waals surface area contributed by atoms with E-state index in [1.807, 2.05) is 6.20 Å². The number of aromatic amines is 1. The predicted octanol–water partition coefficient (Wildman–Crippen LogP) is 3.15. The monoisotopic (exact) mass is 240 g/mol. The third-order valence-corrected chi connectivity index (χ3v) is 4.00. The Morgan fingerprint density at radius 2 is 1.72 bits per heavy atom. The normalized spacial score (nSPS) is 18.7. The molecule has 2 N–H and O–H groups in total. The van der Waals surface area contributed by atoms with Gasteiger partial charge in [-0.25, -0.2) is 0 Å². The molecule has 1 atom stereocenters. The van der Waals surface area contributed by atoms with Crippen molar-refractivity contribution in [2.45, 2.75) is 18.8 Å². The highest BCUT2D eigenvalue weighted by molar-refractivity contribution is 5.32. The van der Waals surface area contributed by atoms with E-state index in [1.165, 1.54) is 24.0 Å². The van der Waals surface area contributed by atoms with Crippen molar-refractivity contribution in [1.82, 2.24) is 10.3 Å². The molecule has 3 rings (SSSR count). The van der Waals surface area contributed by atoms with Crippen molar-refractivity contribution in [2.75, 3.05) is 13.1 Å². The van der Waals surface area contributed by atoms with E-state index in [0.717, 1.165) is 19.0 Å². The fourth-order valence-corrected chi connectivity index (χ4v) is 3.10. The molecule has 0 bridgehead atoms. The Morgan fingerprint density at radius 1 is 0.944 bits per heavy atom. The van der Waals surface area contributed by atoms with Crippen LogP contribution in [0.1, 0.15) is 29.9 Å². The third-order valence-electron chi connectivity index (χ3n) is 4.00. The first-order valence-electron chi connectivity index (χ1n) is 6.83. The van der Waals surface area contributed by atoms with Gasteiger partial charge in [0.05, 0.1) is 0 Å². The average Bonchev–Trinajstić information content (AvgIpc) is 2.95.